The molecule has 1 aromatic heterocycles. The van der Waals surface area contributed by atoms with Crippen LogP contribution >= 0.6 is 12.2 Å². The molecule has 0 amide bonds. The highest BCUT2D eigenvalue weighted by molar-refractivity contribution is 7.80. The zero-order chi connectivity index (χ0) is 12.3. The van der Waals surface area contributed by atoms with Crippen LogP contribution in [0.1, 0.15) is 5.69 Å². The third-order valence-electron chi connectivity index (χ3n) is 2.06. The monoisotopic (exact) mass is 248 g/mol. The Bertz CT molecular complexity index is 559. The molecule has 0 saturated heterocycles. The molecule has 17 heavy (non-hydrogen) atoms. The Labute approximate surface area is 103 Å². The number of halogens is 1. The van der Waals surface area contributed by atoms with Crippen LogP contribution in [0.3, 0.4) is 0 Å². The van der Waals surface area contributed by atoms with Crippen molar-refractivity contribution >= 4 is 28.7 Å². The summed E-state index contributed by atoms with van der Waals surface area (Å²) in [6, 6.07) is 6.25. The van der Waals surface area contributed by atoms with Crippen LogP contribution < -0.4 is 11.1 Å². The molecule has 1 aromatic carbocycles. The van der Waals surface area contributed by atoms with Gasteiger partial charge in [0.25, 0.3) is 0 Å². The largest absolute Gasteiger partial charge is 0.388 e. The van der Waals surface area contributed by atoms with Gasteiger partial charge in [0.15, 0.2) is 5.82 Å². The van der Waals surface area contributed by atoms with Crippen molar-refractivity contribution in [2.75, 3.05) is 5.32 Å². The zero-order valence-electron chi connectivity index (χ0n) is 8.72. The van der Waals surface area contributed by atoms with Gasteiger partial charge in [-0.05, 0) is 12.1 Å². The van der Waals surface area contributed by atoms with Crippen LogP contribution in [0.15, 0.2) is 36.7 Å². The van der Waals surface area contributed by atoms with E-state index < -0.39 is 0 Å². The molecule has 86 valence electrons. The van der Waals surface area contributed by atoms with Gasteiger partial charge in [-0.25, -0.2) is 14.4 Å². The van der Waals surface area contributed by atoms with Gasteiger partial charge in [-0.1, -0.05) is 24.4 Å². The maximum Gasteiger partial charge on any atom is 0.159 e. The van der Waals surface area contributed by atoms with Crippen LogP contribution in [0, 0.1) is 5.82 Å². The number of hydrogen-bond donors (Lipinski definition) is 2. The topological polar surface area (TPSA) is 63.8 Å². The number of aromatic nitrogens is 2. The molecule has 0 aliphatic rings. The van der Waals surface area contributed by atoms with Crippen LogP contribution in [0.5, 0.6) is 0 Å². The molecule has 4 nitrogen and oxygen atoms in total. The maximum absolute atomic E-state index is 13.4. The predicted octanol–water partition coefficient (Wildman–Crippen LogP) is 1.99. The number of nitrogens with zero attached hydrogens (tertiary/aromatic N) is 2. The molecule has 0 radical (unpaired) electrons. The average molecular weight is 248 g/mol. The Kier molecular flexibility index (Phi) is 3.24. The molecule has 2 aromatic rings. The van der Waals surface area contributed by atoms with Gasteiger partial charge in [0.2, 0.25) is 0 Å². The number of para-hydroxylation sites is 1. The molecule has 2 rings (SSSR count). The van der Waals surface area contributed by atoms with Gasteiger partial charge in [0.1, 0.15) is 16.5 Å². The SMILES string of the molecule is NC(=S)c1nccnc1Nc1ccccc1F. The van der Waals surface area contributed by atoms with Crippen LogP contribution in [0.4, 0.5) is 15.9 Å². The molecule has 0 atom stereocenters. The summed E-state index contributed by atoms with van der Waals surface area (Å²) < 4.78 is 13.4. The lowest BCUT2D eigenvalue weighted by atomic mass is 10.3. The van der Waals surface area contributed by atoms with Gasteiger partial charge in [-0.15, -0.1) is 0 Å². The van der Waals surface area contributed by atoms with Gasteiger partial charge in [-0.3, -0.25) is 0 Å². The first-order valence-corrected chi connectivity index (χ1v) is 5.21. The second-order valence-electron chi connectivity index (χ2n) is 3.22. The maximum atomic E-state index is 13.4. The minimum atomic E-state index is -0.382. The molecule has 6 heteroatoms. The summed E-state index contributed by atoms with van der Waals surface area (Å²) in [4.78, 5) is 8.13. The number of thiocarbonyl (C=S) groups is 1. The Morgan fingerprint density at radius 2 is 1.94 bits per heavy atom. The van der Waals surface area contributed by atoms with Crippen molar-refractivity contribution in [3.63, 3.8) is 0 Å². The fraction of sp³-hybridized carbons (Fsp3) is 0. The summed E-state index contributed by atoms with van der Waals surface area (Å²) in [5.41, 5.74) is 6.14. The number of nitrogens with two attached hydrogens (primary N) is 1. The van der Waals surface area contributed by atoms with E-state index in [-0.39, 0.29) is 10.8 Å². The van der Waals surface area contributed by atoms with Crippen LogP contribution in [-0.4, -0.2) is 15.0 Å². The fourth-order valence-electron chi connectivity index (χ4n) is 1.30. The van der Waals surface area contributed by atoms with E-state index in [0.29, 0.717) is 17.2 Å². The highest BCUT2D eigenvalue weighted by atomic mass is 32.1. The third-order valence-corrected chi connectivity index (χ3v) is 2.25. The quantitative estimate of drug-likeness (QED) is 0.813. The molecule has 0 fully saturated rings. The van der Waals surface area contributed by atoms with Crippen molar-refractivity contribution in [2.24, 2.45) is 5.73 Å². The molecule has 0 saturated carbocycles. The van der Waals surface area contributed by atoms with Gasteiger partial charge in [0.05, 0.1) is 5.69 Å². The van der Waals surface area contributed by atoms with Crippen molar-refractivity contribution in [1.82, 2.24) is 9.97 Å². The molecule has 1 heterocycles. The number of anilines is 2. The van der Waals surface area contributed by atoms with Crippen LogP contribution in [0.2, 0.25) is 0 Å². The number of nitrogens with one attached hydrogen (secondary N) is 1. The second-order valence-corrected chi connectivity index (χ2v) is 3.66. The Morgan fingerprint density at radius 1 is 1.24 bits per heavy atom. The smallest absolute Gasteiger partial charge is 0.159 e. The minimum absolute atomic E-state index is 0.108. The van der Waals surface area contributed by atoms with Gasteiger partial charge in [0, 0.05) is 12.4 Å². The summed E-state index contributed by atoms with van der Waals surface area (Å²) in [6.07, 6.45) is 2.95. The summed E-state index contributed by atoms with van der Waals surface area (Å²) in [6.45, 7) is 0. The molecule has 3 N–H and O–H groups in total. The first-order valence-electron chi connectivity index (χ1n) is 4.81. The summed E-state index contributed by atoms with van der Waals surface area (Å²) >= 11 is 4.84. The van der Waals surface area contributed by atoms with E-state index in [1.165, 1.54) is 18.5 Å². The molecule has 0 spiro atoms. The standard InChI is InChI=1S/C11H9FN4S/c12-7-3-1-2-4-8(7)16-11-9(10(13)17)14-5-6-15-11/h1-6H,(H2,13,17)(H,15,16). The van der Waals surface area contributed by atoms with Crippen molar-refractivity contribution in [3.8, 4) is 0 Å². The number of rotatable bonds is 3. The lowest BCUT2D eigenvalue weighted by Crippen LogP contribution is -2.15. The molecule has 0 aliphatic carbocycles. The molecule has 0 bridgehead atoms. The number of hydrogen-bond acceptors (Lipinski definition) is 4. The van der Waals surface area contributed by atoms with Gasteiger partial charge < -0.3 is 11.1 Å². The summed E-state index contributed by atoms with van der Waals surface area (Å²) in [5.74, 6) is -0.0443. The first kappa shape index (κ1) is 11.4. The van der Waals surface area contributed by atoms with Crippen molar-refractivity contribution in [1.29, 1.82) is 0 Å². The lowest BCUT2D eigenvalue weighted by Gasteiger charge is -2.09. The Balaban J connectivity index is 2.37. The van der Waals surface area contributed by atoms with Crippen molar-refractivity contribution in [2.45, 2.75) is 0 Å². The predicted molar refractivity (Wildman–Crippen MR) is 67.6 cm³/mol. The second kappa shape index (κ2) is 4.84. The average Bonchev–Trinajstić information content (AvgIpc) is 2.32. The van der Waals surface area contributed by atoms with E-state index in [4.69, 9.17) is 18.0 Å². The molecule has 0 unspecified atom stereocenters. The summed E-state index contributed by atoms with van der Waals surface area (Å²) in [7, 11) is 0. The van der Waals surface area contributed by atoms with Gasteiger partial charge >= 0.3 is 0 Å². The fourth-order valence-corrected chi connectivity index (χ4v) is 1.45. The van der Waals surface area contributed by atoms with E-state index >= 15 is 0 Å². The minimum Gasteiger partial charge on any atom is -0.388 e. The normalized spacial score (nSPS) is 9.94. The highest BCUT2D eigenvalue weighted by Gasteiger charge is 2.09. The summed E-state index contributed by atoms with van der Waals surface area (Å²) in [5, 5.41) is 2.81. The van der Waals surface area contributed by atoms with Crippen molar-refractivity contribution in [3.05, 3.63) is 48.2 Å². The van der Waals surface area contributed by atoms with E-state index in [2.05, 4.69) is 15.3 Å². The van der Waals surface area contributed by atoms with Crippen molar-refractivity contribution < 1.29 is 4.39 Å². The highest BCUT2D eigenvalue weighted by Crippen LogP contribution is 2.19. The number of benzene rings is 1. The molecular formula is C11H9FN4S. The van der Waals surface area contributed by atoms with E-state index in [9.17, 15) is 4.39 Å². The lowest BCUT2D eigenvalue weighted by molar-refractivity contribution is 0.632. The van der Waals surface area contributed by atoms with E-state index in [1.54, 1.807) is 18.2 Å². The van der Waals surface area contributed by atoms with E-state index in [1.807, 2.05) is 0 Å². The van der Waals surface area contributed by atoms with Crippen LogP contribution in [0.25, 0.3) is 0 Å². The van der Waals surface area contributed by atoms with E-state index in [0.717, 1.165) is 0 Å². The Hall–Kier alpha value is -2.08. The molecular weight excluding hydrogens is 239 g/mol. The van der Waals surface area contributed by atoms with Crippen LogP contribution in [-0.2, 0) is 0 Å². The Morgan fingerprint density at radius 3 is 2.65 bits per heavy atom. The first-order chi connectivity index (χ1) is 8.18. The zero-order valence-corrected chi connectivity index (χ0v) is 9.54. The molecule has 0 aliphatic heterocycles. The third kappa shape index (κ3) is 2.54. The van der Waals surface area contributed by atoms with Gasteiger partial charge in [-0.2, -0.15) is 0 Å².